The van der Waals surface area contributed by atoms with Gasteiger partial charge in [0.2, 0.25) is 10.0 Å². The average molecular weight is 339 g/mol. The van der Waals surface area contributed by atoms with Crippen molar-refractivity contribution >= 4 is 15.7 Å². The summed E-state index contributed by atoms with van der Waals surface area (Å²) in [4.78, 5) is 2.30. The van der Waals surface area contributed by atoms with Gasteiger partial charge in [0.25, 0.3) is 0 Å². The number of hydrogen-bond donors (Lipinski definition) is 2. The quantitative estimate of drug-likeness (QED) is 0.820. The van der Waals surface area contributed by atoms with E-state index in [1.54, 1.807) is 0 Å². The Morgan fingerprint density at radius 1 is 1.22 bits per heavy atom. The number of morpholine rings is 1. The second kappa shape index (κ2) is 7.61. The Balaban J connectivity index is 1.48. The lowest BCUT2D eigenvalue weighted by Gasteiger charge is -2.34. The van der Waals surface area contributed by atoms with E-state index in [4.69, 9.17) is 4.74 Å². The van der Waals surface area contributed by atoms with Gasteiger partial charge in [-0.05, 0) is 25.0 Å². The molecule has 128 valence electrons. The summed E-state index contributed by atoms with van der Waals surface area (Å²) in [5.41, 5.74) is 1.20. The van der Waals surface area contributed by atoms with E-state index in [-0.39, 0.29) is 17.9 Å². The summed E-state index contributed by atoms with van der Waals surface area (Å²) in [5.74, 6) is 0.0406. The fraction of sp³-hybridized carbons (Fsp3) is 0.625. The van der Waals surface area contributed by atoms with Crippen LogP contribution in [0.15, 0.2) is 30.3 Å². The number of piperidine rings is 1. The topological polar surface area (TPSA) is 70.7 Å². The Morgan fingerprint density at radius 2 is 1.96 bits per heavy atom. The number of ether oxygens (including phenoxy) is 1. The average Bonchev–Trinajstić information content (AvgIpc) is 2.56. The fourth-order valence-corrected chi connectivity index (χ4v) is 4.71. The van der Waals surface area contributed by atoms with Crippen LogP contribution in [0.3, 0.4) is 0 Å². The highest BCUT2D eigenvalue weighted by molar-refractivity contribution is 7.89. The van der Waals surface area contributed by atoms with Crippen LogP contribution in [0.4, 0.5) is 5.69 Å². The van der Waals surface area contributed by atoms with Gasteiger partial charge in [-0.3, -0.25) is 0 Å². The number of rotatable bonds is 5. The highest BCUT2D eigenvalue weighted by Crippen LogP contribution is 2.19. The minimum Gasteiger partial charge on any atom is -0.374 e. The number of anilines is 1. The van der Waals surface area contributed by atoms with Gasteiger partial charge in [0.15, 0.2) is 0 Å². The summed E-state index contributed by atoms with van der Waals surface area (Å²) in [7, 11) is -3.30. The van der Waals surface area contributed by atoms with Crippen molar-refractivity contribution in [1.29, 1.82) is 0 Å². The van der Waals surface area contributed by atoms with Crippen LogP contribution in [0.5, 0.6) is 0 Å². The second-order valence-corrected chi connectivity index (χ2v) is 7.99. The largest absolute Gasteiger partial charge is 0.374 e. The molecule has 2 aliphatic rings. The first kappa shape index (κ1) is 16.7. The van der Waals surface area contributed by atoms with E-state index in [0.717, 1.165) is 32.5 Å². The maximum absolute atomic E-state index is 12.3. The molecule has 0 radical (unpaired) electrons. The van der Waals surface area contributed by atoms with Gasteiger partial charge in [-0.1, -0.05) is 18.2 Å². The molecule has 1 unspecified atom stereocenters. The van der Waals surface area contributed by atoms with Crippen LogP contribution in [0, 0.1) is 0 Å². The molecule has 2 N–H and O–H groups in total. The molecule has 0 bridgehead atoms. The summed E-state index contributed by atoms with van der Waals surface area (Å²) in [6.45, 7) is 3.72. The van der Waals surface area contributed by atoms with Crippen molar-refractivity contribution in [3.05, 3.63) is 30.3 Å². The van der Waals surface area contributed by atoms with E-state index in [1.807, 2.05) is 18.2 Å². The van der Waals surface area contributed by atoms with Gasteiger partial charge < -0.3 is 15.0 Å². The number of hydrogen-bond acceptors (Lipinski definition) is 5. The number of benzene rings is 1. The van der Waals surface area contributed by atoms with E-state index < -0.39 is 10.0 Å². The monoisotopic (exact) mass is 339 g/mol. The summed E-state index contributed by atoms with van der Waals surface area (Å²) >= 11 is 0. The second-order valence-electron chi connectivity index (χ2n) is 6.19. The third-order valence-electron chi connectivity index (χ3n) is 4.37. The summed E-state index contributed by atoms with van der Waals surface area (Å²) in [6.07, 6.45) is 1.42. The number of nitrogens with zero attached hydrogens (tertiary/aromatic N) is 1. The Hall–Kier alpha value is -1.15. The van der Waals surface area contributed by atoms with E-state index >= 15 is 0 Å². The van der Waals surface area contributed by atoms with Crippen molar-refractivity contribution < 1.29 is 13.2 Å². The molecule has 1 atom stereocenters. The maximum atomic E-state index is 12.3. The van der Waals surface area contributed by atoms with Crippen LogP contribution in [0.25, 0.3) is 0 Å². The molecule has 0 spiro atoms. The lowest BCUT2D eigenvalue weighted by atomic mass is 10.1. The predicted molar refractivity (Wildman–Crippen MR) is 91.2 cm³/mol. The molecule has 7 heteroatoms. The van der Waals surface area contributed by atoms with Gasteiger partial charge in [0.1, 0.15) is 0 Å². The van der Waals surface area contributed by atoms with E-state index in [9.17, 15) is 8.42 Å². The summed E-state index contributed by atoms with van der Waals surface area (Å²) < 4.78 is 32.9. The molecule has 0 aliphatic carbocycles. The summed E-state index contributed by atoms with van der Waals surface area (Å²) in [6, 6.07) is 10.3. The minimum absolute atomic E-state index is 0.0245. The Labute approximate surface area is 138 Å². The molecule has 1 aromatic rings. The predicted octanol–water partition coefficient (Wildman–Crippen LogP) is 0.563. The van der Waals surface area contributed by atoms with Gasteiger partial charge >= 0.3 is 0 Å². The molecule has 2 heterocycles. The molecule has 3 rings (SSSR count). The number of nitrogens with one attached hydrogen (secondary N) is 2. The highest BCUT2D eigenvalue weighted by atomic mass is 32.2. The fourth-order valence-electron chi connectivity index (χ4n) is 3.17. The van der Waals surface area contributed by atoms with Crippen LogP contribution in [-0.4, -0.2) is 59.1 Å². The van der Waals surface area contributed by atoms with Crippen molar-refractivity contribution in [2.45, 2.75) is 25.0 Å². The van der Waals surface area contributed by atoms with E-state index in [1.165, 1.54) is 5.69 Å². The van der Waals surface area contributed by atoms with Gasteiger partial charge in [-0.15, -0.1) is 0 Å². The smallest absolute Gasteiger partial charge is 0.214 e. The van der Waals surface area contributed by atoms with Crippen molar-refractivity contribution in [2.75, 3.05) is 43.4 Å². The SMILES string of the molecule is O=S(=O)(CC1CNCCO1)NC1CCN(c2ccccc2)CC1. The lowest BCUT2D eigenvalue weighted by molar-refractivity contribution is 0.0428. The number of sulfonamides is 1. The standard InChI is InChI=1S/C16H25N3O3S/c20-23(21,13-16-12-17-8-11-22-16)18-14-6-9-19(10-7-14)15-4-2-1-3-5-15/h1-5,14,16-18H,6-13H2. The zero-order chi connectivity index (χ0) is 16.1. The molecule has 23 heavy (non-hydrogen) atoms. The summed E-state index contributed by atoms with van der Waals surface area (Å²) in [5, 5.41) is 3.16. The normalized spacial score (nSPS) is 23.8. The lowest BCUT2D eigenvalue weighted by Crippen LogP contribution is -2.49. The Morgan fingerprint density at radius 3 is 2.61 bits per heavy atom. The van der Waals surface area contributed by atoms with Crippen LogP contribution in [0.1, 0.15) is 12.8 Å². The van der Waals surface area contributed by atoms with E-state index in [2.05, 4.69) is 27.1 Å². The third-order valence-corrected chi connectivity index (χ3v) is 5.88. The van der Waals surface area contributed by atoms with Crippen LogP contribution < -0.4 is 14.9 Å². The third kappa shape index (κ3) is 4.91. The zero-order valence-electron chi connectivity index (χ0n) is 13.3. The molecular formula is C16H25N3O3S. The Kier molecular flexibility index (Phi) is 5.53. The van der Waals surface area contributed by atoms with Crippen LogP contribution in [-0.2, 0) is 14.8 Å². The van der Waals surface area contributed by atoms with Gasteiger partial charge in [-0.2, -0.15) is 0 Å². The van der Waals surface area contributed by atoms with Crippen LogP contribution >= 0.6 is 0 Å². The molecule has 2 saturated heterocycles. The van der Waals surface area contributed by atoms with Crippen molar-refractivity contribution in [2.24, 2.45) is 0 Å². The molecular weight excluding hydrogens is 314 g/mol. The molecule has 2 aliphatic heterocycles. The molecule has 2 fully saturated rings. The zero-order valence-corrected chi connectivity index (χ0v) is 14.1. The van der Waals surface area contributed by atoms with Gasteiger partial charge in [-0.25, -0.2) is 13.1 Å². The van der Waals surface area contributed by atoms with Crippen molar-refractivity contribution in [3.8, 4) is 0 Å². The molecule has 1 aromatic carbocycles. The van der Waals surface area contributed by atoms with Gasteiger partial charge in [0, 0.05) is 37.9 Å². The molecule has 0 saturated carbocycles. The van der Waals surface area contributed by atoms with Crippen LogP contribution in [0.2, 0.25) is 0 Å². The maximum Gasteiger partial charge on any atom is 0.214 e. The van der Waals surface area contributed by atoms with E-state index in [0.29, 0.717) is 13.2 Å². The molecule has 0 aromatic heterocycles. The van der Waals surface area contributed by atoms with Crippen molar-refractivity contribution in [3.63, 3.8) is 0 Å². The molecule has 6 nitrogen and oxygen atoms in total. The van der Waals surface area contributed by atoms with Crippen molar-refractivity contribution in [1.82, 2.24) is 10.0 Å². The first-order valence-corrected chi connectivity index (χ1v) is 9.90. The first-order valence-electron chi connectivity index (χ1n) is 8.25. The Bertz CT molecular complexity index is 580. The first-order chi connectivity index (χ1) is 11.1. The molecule has 0 amide bonds. The van der Waals surface area contributed by atoms with Gasteiger partial charge in [0.05, 0.1) is 18.5 Å². The highest BCUT2D eigenvalue weighted by Gasteiger charge is 2.27. The minimum atomic E-state index is -3.30. The number of para-hydroxylation sites is 1.